The van der Waals surface area contributed by atoms with E-state index in [1.807, 2.05) is 33.3 Å². The van der Waals surface area contributed by atoms with Gasteiger partial charge in [-0.2, -0.15) is 0 Å². The molecule has 0 heterocycles. The smallest absolute Gasteiger partial charge is 0.306 e. The summed E-state index contributed by atoms with van der Waals surface area (Å²) in [5.41, 5.74) is 0. The SMILES string of the molecule is CCCCC/C=C\C/C=C\CCCCCCCCCC(=O)NC(COP(=O)([O-])OCC[N+](C)(C)C)C(/C=C/CCCCCCCCCCC)OC(=O)CCCCCCCCCCCCCCCC. The third-order valence-electron chi connectivity index (χ3n) is 12.8. The summed E-state index contributed by atoms with van der Waals surface area (Å²) >= 11 is 0. The lowest BCUT2D eigenvalue weighted by molar-refractivity contribution is -0.870. The summed E-state index contributed by atoms with van der Waals surface area (Å²) in [4.78, 5) is 39.8. The second-order valence-electron chi connectivity index (χ2n) is 20.8. The molecule has 0 fully saturated rings. The van der Waals surface area contributed by atoms with Crippen LogP contribution in [0.4, 0.5) is 0 Å². The molecule has 1 amide bonds. The number of esters is 1. The first kappa shape index (κ1) is 66.2. The molecule has 0 rings (SSSR count). The van der Waals surface area contributed by atoms with Gasteiger partial charge in [0.25, 0.3) is 7.82 Å². The molecule has 3 unspecified atom stereocenters. The van der Waals surface area contributed by atoms with E-state index in [0.29, 0.717) is 17.4 Å². The minimum absolute atomic E-state index is 0.0221. The molecule has 0 saturated heterocycles. The van der Waals surface area contributed by atoms with Crippen LogP contribution in [0, 0.1) is 0 Å². The molecule has 0 aliphatic carbocycles. The van der Waals surface area contributed by atoms with Gasteiger partial charge in [-0.05, 0) is 63.9 Å². The normalized spacial score (nSPS) is 14.0. The molecule has 0 bridgehead atoms. The van der Waals surface area contributed by atoms with Crippen molar-refractivity contribution in [3.05, 3.63) is 36.5 Å². The highest BCUT2D eigenvalue weighted by molar-refractivity contribution is 7.45. The number of unbranched alkanes of at least 4 members (excludes halogenated alkanes) is 32. The maximum Gasteiger partial charge on any atom is 0.306 e. The molecule has 1 N–H and O–H groups in total. The number of phosphoric ester groups is 1. The van der Waals surface area contributed by atoms with Crippen LogP contribution in [0.25, 0.3) is 0 Å². The average molecular weight is 980 g/mol. The van der Waals surface area contributed by atoms with Gasteiger partial charge in [0.15, 0.2) is 0 Å². The van der Waals surface area contributed by atoms with E-state index in [9.17, 15) is 19.0 Å². The van der Waals surface area contributed by atoms with Gasteiger partial charge in [0.2, 0.25) is 5.91 Å². The van der Waals surface area contributed by atoms with Crippen molar-refractivity contribution in [2.75, 3.05) is 40.9 Å². The van der Waals surface area contributed by atoms with E-state index in [-0.39, 0.29) is 31.5 Å². The number of nitrogens with zero attached hydrogens (tertiary/aromatic N) is 1. The van der Waals surface area contributed by atoms with Crippen LogP contribution >= 0.6 is 7.82 Å². The van der Waals surface area contributed by atoms with Gasteiger partial charge >= 0.3 is 5.97 Å². The lowest BCUT2D eigenvalue weighted by atomic mass is 10.0. The van der Waals surface area contributed by atoms with Gasteiger partial charge in [0.05, 0.1) is 33.8 Å². The minimum Gasteiger partial charge on any atom is -0.756 e. The van der Waals surface area contributed by atoms with E-state index >= 15 is 0 Å². The fourth-order valence-electron chi connectivity index (χ4n) is 8.32. The molecule has 9 nitrogen and oxygen atoms in total. The fraction of sp³-hybridized carbons (Fsp3) is 0.862. The van der Waals surface area contributed by atoms with Gasteiger partial charge in [0.1, 0.15) is 19.3 Å². The number of hydrogen-bond donors (Lipinski definition) is 1. The molecule has 400 valence electrons. The monoisotopic (exact) mass is 979 g/mol. The molecule has 0 radical (unpaired) electrons. The highest BCUT2D eigenvalue weighted by Crippen LogP contribution is 2.38. The third kappa shape index (κ3) is 49.2. The zero-order chi connectivity index (χ0) is 50.1. The second-order valence-corrected chi connectivity index (χ2v) is 22.2. The van der Waals surface area contributed by atoms with Crippen molar-refractivity contribution in [3.63, 3.8) is 0 Å². The topological polar surface area (TPSA) is 114 Å². The van der Waals surface area contributed by atoms with Crippen molar-refractivity contribution >= 4 is 19.7 Å². The Balaban J connectivity index is 5.31. The van der Waals surface area contributed by atoms with Gasteiger partial charge < -0.3 is 28.5 Å². The number of quaternary nitrogens is 1. The summed E-state index contributed by atoms with van der Waals surface area (Å²) in [6, 6.07) is -0.887. The number of amides is 1. The van der Waals surface area contributed by atoms with Crippen LogP contribution in [0.15, 0.2) is 36.5 Å². The molecule has 10 heteroatoms. The van der Waals surface area contributed by atoms with Crippen molar-refractivity contribution in [1.29, 1.82) is 0 Å². The van der Waals surface area contributed by atoms with Gasteiger partial charge in [-0.3, -0.25) is 14.2 Å². The molecule has 3 atom stereocenters. The maximum absolute atomic E-state index is 13.5. The van der Waals surface area contributed by atoms with Crippen molar-refractivity contribution in [2.45, 2.75) is 283 Å². The predicted octanol–water partition coefficient (Wildman–Crippen LogP) is 16.5. The number of carbonyl (C=O) groups is 2. The highest BCUT2D eigenvalue weighted by Gasteiger charge is 2.27. The summed E-state index contributed by atoms with van der Waals surface area (Å²) in [5, 5.41) is 3.02. The molecule has 0 aromatic rings. The first-order chi connectivity index (χ1) is 32.9. The zero-order valence-electron chi connectivity index (χ0n) is 45.6. The Morgan fingerprint density at radius 3 is 1.35 bits per heavy atom. The number of rotatable bonds is 52. The largest absolute Gasteiger partial charge is 0.756 e. The van der Waals surface area contributed by atoms with Crippen molar-refractivity contribution in [3.8, 4) is 0 Å². The van der Waals surface area contributed by atoms with E-state index in [0.717, 1.165) is 77.0 Å². The number of ether oxygens (including phenoxy) is 1. The standard InChI is InChI=1S/C58H111N2O7P/c1-7-10-13-16-19-22-25-27-29-30-31-32-35-38-41-44-47-50-57(61)59-55(54-66-68(63,64)65-53-52-60(4,5)6)56(49-46-43-40-37-34-24-21-18-15-12-9-3)67-58(62)51-48-45-42-39-36-33-28-26-23-20-17-14-11-8-2/h19,22,27,29,46,49,55-56H,7-18,20-21,23-26,28,30-45,47-48,50-54H2,1-6H3,(H-,59,61,63,64)/b22-19-,29-27-,49-46+. The number of carbonyl (C=O) groups excluding carboxylic acids is 2. The Kier molecular flexibility index (Phi) is 47.6. The molecular formula is C58H111N2O7P. The minimum atomic E-state index is -4.69. The maximum atomic E-state index is 13.5. The number of phosphoric acid groups is 1. The number of nitrogens with one attached hydrogen (secondary N) is 1. The molecule has 0 aromatic heterocycles. The lowest BCUT2D eigenvalue weighted by Crippen LogP contribution is -2.47. The van der Waals surface area contributed by atoms with E-state index < -0.39 is 20.0 Å². The van der Waals surface area contributed by atoms with E-state index in [4.69, 9.17) is 13.8 Å². The fourth-order valence-corrected chi connectivity index (χ4v) is 9.04. The number of allylic oxidation sites excluding steroid dienone is 5. The molecule has 0 aromatic carbocycles. The Hall–Kier alpha value is -1.77. The Morgan fingerprint density at radius 2 is 0.897 bits per heavy atom. The summed E-state index contributed by atoms with van der Waals surface area (Å²) in [6.07, 6.45) is 56.7. The predicted molar refractivity (Wildman–Crippen MR) is 289 cm³/mol. The third-order valence-corrected chi connectivity index (χ3v) is 13.8. The van der Waals surface area contributed by atoms with Crippen LogP contribution in [0.1, 0.15) is 271 Å². The lowest BCUT2D eigenvalue weighted by Gasteiger charge is -2.30. The Bertz CT molecular complexity index is 1270. The number of hydrogen-bond acceptors (Lipinski definition) is 7. The molecule has 0 spiro atoms. The molecule has 0 aliphatic heterocycles. The zero-order valence-corrected chi connectivity index (χ0v) is 46.5. The van der Waals surface area contributed by atoms with Crippen molar-refractivity contribution in [2.24, 2.45) is 0 Å². The van der Waals surface area contributed by atoms with Crippen LogP contribution < -0.4 is 10.2 Å². The molecule has 68 heavy (non-hydrogen) atoms. The van der Waals surface area contributed by atoms with Crippen LogP contribution in [0.3, 0.4) is 0 Å². The van der Waals surface area contributed by atoms with Gasteiger partial charge in [-0.15, -0.1) is 0 Å². The first-order valence-electron chi connectivity index (χ1n) is 28.8. The van der Waals surface area contributed by atoms with Crippen LogP contribution in [-0.2, 0) is 27.9 Å². The Labute approximate surface area is 421 Å². The van der Waals surface area contributed by atoms with Crippen LogP contribution in [0.2, 0.25) is 0 Å². The van der Waals surface area contributed by atoms with E-state index in [1.165, 1.54) is 161 Å². The van der Waals surface area contributed by atoms with Crippen molar-refractivity contribution in [1.82, 2.24) is 5.32 Å². The van der Waals surface area contributed by atoms with Crippen molar-refractivity contribution < 1.29 is 37.3 Å². The highest BCUT2D eigenvalue weighted by atomic mass is 31.2. The second kappa shape index (κ2) is 48.8. The first-order valence-corrected chi connectivity index (χ1v) is 30.3. The quantitative estimate of drug-likeness (QED) is 0.0212. The summed E-state index contributed by atoms with van der Waals surface area (Å²) < 4.78 is 30.2. The van der Waals surface area contributed by atoms with E-state index in [2.05, 4.69) is 50.4 Å². The Morgan fingerprint density at radius 1 is 0.515 bits per heavy atom. The number of likely N-dealkylation sites (N-methyl/N-ethyl adjacent to an activating group) is 1. The summed E-state index contributed by atoms with van der Waals surface area (Å²) in [6.45, 7) is 6.82. The summed E-state index contributed by atoms with van der Waals surface area (Å²) in [5.74, 6) is -0.542. The van der Waals surface area contributed by atoms with Crippen LogP contribution in [-0.4, -0.2) is 69.4 Å². The van der Waals surface area contributed by atoms with Crippen LogP contribution in [0.5, 0.6) is 0 Å². The molecular weight excluding hydrogens is 868 g/mol. The van der Waals surface area contributed by atoms with Gasteiger partial charge in [-0.25, -0.2) is 0 Å². The van der Waals surface area contributed by atoms with Gasteiger partial charge in [0, 0.05) is 12.8 Å². The van der Waals surface area contributed by atoms with E-state index in [1.54, 1.807) is 0 Å². The molecule has 0 saturated carbocycles. The molecule has 0 aliphatic rings. The van der Waals surface area contributed by atoms with Gasteiger partial charge in [-0.1, -0.05) is 231 Å². The average Bonchev–Trinajstić information content (AvgIpc) is 3.29. The summed E-state index contributed by atoms with van der Waals surface area (Å²) in [7, 11) is 1.19.